The van der Waals surface area contributed by atoms with Crippen LogP contribution < -0.4 is 10.6 Å². The van der Waals surface area contributed by atoms with E-state index in [1.807, 2.05) is 0 Å². The van der Waals surface area contributed by atoms with Crippen molar-refractivity contribution in [2.75, 3.05) is 18.5 Å². The van der Waals surface area contributed by atoms with E-state index < -0.39 is 0 Å². The van der Waals surface area contributed by atoms with Crippen LogP contribution in [0.4, 0.5) is 10.1 Å². The number of halogens is 1. The molecular weight excluding hydrogens is 215 g/mol. The summed E-state index contributed by atoms with van der Waals surface area (Å²) in [5, 5.41) is 14.7. The molecular formula is C10H13FN2OS. The first kappa shape index (κ1) is 11.9. The van der Waals surface area contributed by atoms with Crippen LogP contribution in [-0.4, -0.2) is 23.4 Å². The average Bonchev–Trinajstić information content (AvgIpc) is 2.20. The van der Waals surface area contributed by atoms with E-state index in [9.17, 15) is 4.39 Å². The number of thiocarbonyl (C=S) groups is 1. The molecule has 0 aliphatic carbocycles. The highest BCUT2D eigenvalue weighted by molar-refractivity contribution is 7.80. The van der Waals surface area contributed by atoms with Crippen molar-refractivity contribution >= 4 is 23.0 Å². The normalized spacial score (nSPS) is 9.80. The molecule has 5 heteroatoms. The van der Waals surface area contributed by atoms with Crippen LogP contribution in [0.5, 0.6) is 0 Å². The Bertz CT molecular complexity index is 357. The number of benzene rings is 1. The van der Waals surface area contributed by atoms with Gasteiger partial charge < -0.3 is 15.7 Å². The Morgan fingerprint density at radius 1 is 1.53 bits per heavy atom. The first-order chi connectivity index (χ1) is 7.13. The van der Waals surface area contributed by atoms with Gasteiger partial charge >= 0.3 is 0 Å². The Kier molecular flexibility index (Phi) is 4.45. The van der Waals surface area contributed by atoms with E-state index in [0.29, 0.717) is 17.2 Å². The Balaban J connectivity index is 2.57. The molecule has 0 aliphatic heterocycles. The van der Waals surface area contributed by atoms with Crippen molar-refractivity contribution in [1.82, 2.24) is 5.32 Å². The van der Waals surface area contributed by atoms with E-state index in [4.69, 9.17) is 17.3 Å². The summed E-state index contributed by atoms with van der Waals surface area (Å²) >= 11 is 4.95. The van der Waals surface area contributed by atoms with Crippen molar-refractivity contribution in [2.45, 2.75) is 6.92 Å². The molecule has 15 heavy (non-hydrogen) atoms. The molecule has 0 unspecified atom stereocenters. The highest BCUT2D eigenvalue weighted by Gasteiger charge is 2.00. The second-order valence-electron chi connectivity index (χ2n) is 3.07. The molecule has 0 spiro atoms. The first-order valence-electron chi connectivity index (χ1n) is 4.55. The molecule has 3 nitrogen and oxygen atoms in total. The summed E-state index contributed by atoms with van der Waals surface area (Å²) in [6.07, 6.45) is 0. The minimum atomic E-state index is -0.241. The minimum absolute atomic E-state index is 0.0181. The fraction of sp³-hybridized carbons (Fsp3) is 0.300. The lowest BCUT2D eigenvalue weighted by atomic mass is 10.2. The highest BCUT2D eigenvalue weighted by atomic mass is 32.1. The van der Waals surface area contributed by atoms with Crippen LogP contribution in [0.2, 0.25) is 0 Å². The standard InChI is InChI=1S/C10H13FN2OS/c1-7-6-8(2-3-9(7)11)13-10(15)12-4-5-14/h2-3,6,14H,4-5H2,1H3,(H2,12,13,15). The van der Waals surface area contributed by atoms with Gasteiger partial charge in [-0.25, -0.2) is 4.39 Å². The van der Waals surface area contributed by atoms with Crippen molar-refractivity contribution in [3.8, 4) is 0 Å². The summed E-state index contributed by atoms with van der Waals surface area (Å²) in [7, 11) is 0. The van der Waals surface area contributed by atoms with Crippen LogP contribution in [0.25, 0.3) is 0 Å². The quantitative estimate of drug-likeness (QED) is 0.684. The topological polar surface area (TPSA) is 44.3 Å². The number of hydrogen-bond donors (Lipinski definition) is 3. The average molecular weight is 228 g/mol. The Labute approximate surface area is 93.3 Å². The van der Waals surface area contributed by atoms with Gasteiger partial charge in [0, 0.05) is 12.2 Å². The van der Waals surface area contributed by atoms with E-state index in [1.165, 1.54) is 6.07 Å². The molecule has 0 heterocycles. The Morgan fingerprint density at radius 3 is 2.87 bits per heavy atom. The maximum atomic E-state index is 12.9. The third kappa shape index (κ3) is 3.81. The van der Waals surface area contributed by atoms with Crippen LogP contribution in [-0.2, 0) is 0 Å². The SMILES string of the molecule is Cc1cc(NC(=S)NCCO)ccc1F. The van der Waals surface area contributed by atoms with Crippen LogP contribution in [0, 0.1) is 12.7 Å². The minimum Gasteiger partial charge on any atom is -0.395 e. The Hall–Kier alpha value is -1.20. The van der Waals surface area contributed by atoms with Crippen molar-refractivity contribution in [3.05, 3.63) is 29.6 Å². The molecule has 0 amide bonds. The van der Waals surface area contributed by atoms with Gasteiger partial charge in [-0.05, 0) is 42.9 Å². The predicted molar refractivity (Wildman–Crippen MR) is 62.4 cm³/mol. The molecule has 0 fully saturated rings. The molecule has 1 aromatic carbocycles. The molecule has 3 N–H and O–H groups in total. The van der Waals surface area contributed by atoms with E-state index >= 15 is 0 Å². The van der Waals surface area contributed by atoms with E-state index in [-0.39, 0.29) is 12.4 Å². The monoisotopic (exact) mass is 228 g/mol. The summed E-state index contributed by atoms with van der Waals surface area (Å²) in [6.45, 7) is 2.10. The van der Waals surface area contributed by atoms with Crippen molar-refractivity contribution < 1.29 is 9.50 Å². The molecule has 0 saturated heterocycles. The number of nitrogens with one attached hydrogen (secondary N) is 2. The maximum Gasteiger partial charge on any atom is 0.170 e. The van der Waals surface area contributed by atoms with Gasteiger partial charge in [0.15, 0.2) is 5.11 Å². The third-order valence-electron chi connectivity index (χ3n) is 1.81. The number of hydrogen-bond acceptors (Lipinski definition) is 2. The zero-order chi connectivity index (χ0) is 11.3. The van der Waals surface area contributed by atoms with Crippen LogP contribution >= 0.6 is 12.2 Å². The molecule has 82 valence electrons. The second kappa shape index (κ2) is 5.63. The van der Waals surface area contributed by atoms with Crippen LogP contribution in [0.1, 0.15) is 5.56 Å². The van der Waals surface area contributed by atoms with E-state index in [0.717, 1.165) is 5.69 Å². The van der Waals surface area contributed by atoms with Gasteiger partial charge in [0.2, 0.25) is 0 Å². The summed E-state index contributed by atoms with van der Waals surface area (Å²) in [4.78, 5) is 0. The number of aliphatic hydroxyl groups excluding tert-OH is 1. The van der Waals surface area contributed by atoms with Gasteiger partial charge in [-0.1, -0.05) is 0 Å². The summed E-state index contributed by atoms with van der Waals surface area (Å²) in [5.74, 6) is -0.241. The smallest absolute Gasteiger partial charge is 0.170 e. The number of anilines is 1. The maximum absolute atomic E-state index is 12.9. The molecule has 0 aromatic heterocycles. The molecule has 0 atom stereocenters. The first-order valence-corrected chi connectivity index (χ1v) is 4.96. The molecule has 0 saturated carbocycles. The van der Waals surface area contributed by atoms with Gasteiger partial charge in [-0.15, -0.1) is 0 Å². The van der Waals surface area contributed by atoms with Crippen LogP contribution in [0.3, 0.4) is 0 Å². The van der Waals surface area contributed by atoms with Gasteiger partial charge in [0.05, 0.1) is 6.61 Å². The van der Waals surface area contributed by atoms with E-state index in [1.54, 1.807) is 19.1 Å². The highest BCUT2D eigenvalue weighted by Crippen LogP contribution is 2.13. The second-order valence-corrected chi connectivity index (χ2v) is 3.48. The van der Waals surface area contributed by atoms with Gasteiger partial charge in [0.25, 0.3) is 0 Å². The lowest BCUT2D eigenvalue weighted by Crippen LogP contribution is -2.30. The predicted octanol–water partition coefficient (Wildman–Crippen LogP) is 1.41. The van der Waals surface area contributed by atoms with E-state index in [2.05, 4.69) is 10.6 Å². The lowest BCUT2D eigenvalue weighted by molar-refractivity contribution is 0.301. The number of rotatable bonds is 3. The largest absolute Gasteiger partial charge is 0.395 e. The Morgan fingerprint density at radius 2 is 2.27 bits per heavy atom. The van der Waals surface area contributed by atoms with Crippen molar-refractivity contribution in [3.63, 3.8) is 0 Å². The van der Waals surface area contributed by atoms with Gasteiger partial charge in [0.1, 0.15) is 5.82 Å². The summed E-state index contributed by atoms with van der Waals surface area (Å²) in [6, 6.07) is 4.66. The fourth-order valence-electron chi connectivity index (χ4n) is 1.07. The fourth-order valence-corrected chi connectivity index (χ4v) is 1.29. The molecule has 1 rings (SSSR count). The van der Waals surface area contributed by atoms with Crippen LogP contribution in [0.15, 0.2) is 18.2 Å². The van der Waals surface area contributed by atoms with Crippen molar-refractivity contribution in [2.24, 2.45) is 0 Å². The molecule has 0 bridgehead atoms. The number of aryl methyl sites for hydroxylation is 1. The van der Waals surface area contributed by atoms with Crippen molar-refractivity contribution in [1.29, 1.82) is 0 Å². The summed E-state index contributed by atoms with van der Waals surface area (Å²) < 4.78 is 12.9. The van der Waals surface area contributed by atoms with Gasteiger partial charge in [-0.2, -0.15) is 0 Å². The number of aliphatic hydroxyl groups is 1. The molecule has 1 aromatic rings. The summed E-state index contributed by atoms with van der Waals surface area (Å²) in [5.41, 5.74) is 1.29. The molecule has 0 aliphatic rings. The lowest BCUT2D eigenvalue weighted by Gasteiger charge is -2.09. The van der Waals surface area contributed by atoms with Gasteiger partial charge in [-0.3, -0.25) is 0 Å². The third-order valence-corrected chi connectivity index (χ3v) is 2.06. The zero-order valence-electron chi connectivity index (χ0n) is 8.38. The zero-order valence-corrected chi connectivity index (χ0v) is 9.20. The molecule has 0 radical (unpaired) electrons.